The second-order valence-electron chi connectivity index (χ2n) is 4.24. The summed E-state index contributed by atoms with van der Waals surface area (Å²) in [6.07, 6.45) is -5.10. The maximum absolute atomic E-state index is 12.5. The molecule has 0 fully saturated rings. The van der Waals surface area contributed by atoms with E-state index in [1.807, 2.05) is 5.32 Å². The molecule has 1 atom stereocenters. The number of aliphatic hydroxyl groups is 2. The SMILES string of the molecule is C[C@@](O)(C(=O)Nc1ccc(SCCO)cc1Cl)C(F)(F)F. The van der Waals surface area contributed by atoms with Crippen LogP contribution in [0, 0.1) is 0 Å². The molecule has 0 saturated heterocycles. The number of aliphatic hydroxyl groups excluding tert-OH is 1. The highest BCUT2D eigenvalue weighted by Crippen LogP contribution is 2.33. The van der Waals surface area contributed by atoms with E-state index in [2.05, 4.69) is 0 Å². The van der Waals surface area contributed by atoms with Gasteiger partial charge in [0.05, 0.1) is 17.3 Å². The van der Waals surface area contributed by atoms with Crippen molar-refractivity contribution in [2.24, 2.45) is 0 Å². The van der Waals surface area contributed by atoms with E-state index in [1.54, 1.807) is 0 Å². The van der Waals surface area contributed by atoms with Gasteiger partial charge in [0.1, 0.15) is 0 Å². The van der Waals surface area contributed by atoms with Gasteiger partial charge in [-0.25, -0.2) is 0 Å². The molecule has 4 nitrogen and oxygen atoms in total. The van der Waals surface area contributed by atoms with Crippen molar-refractivity contribution < 1.29 is 28.2 Å². The summed E-state index contributed by atoms with van der Waals surface area (Å²) in [6.45, 7) is 0.330. The van der Waals surface area contributed by atoms with Gasteiger partial charge in [0.25, 0.3) is 5.91 Å². The lowest BCUT2D eigenvalue weighted by atomic mass is 10.1. The molecule has 1 aromatic carbocycles. The van der Waals surface area contributed by atoms with Crippen molar-refractivity contribution >= 4 is 35.0 Å². The van der Waals surface area contributed by atoms with Crippen molar-refractivity contribution in [3.05, 3.63) is 23.2 Å². The summed E-state index contributed by atoms with van der Waals surface area (Å²) in [5.74, 6) is -1.18. The number of nitrogens with one attached hydrogen (secondary N) is 1. The molecule has 0 bridgehead atoms. The second kappa shape index (κ2) is 6.87. The van der Waals surface area contributed by atoms with Gasteiger partial charge in [0, 0.05) is 10.6 Å². The van der Waals surface area contributed by atoms with Gasteiger partial charge in [-0.2, -0.15) is 13.2 Å². The first kappa shape index (κ1) is 18.1. The molecule has 21 heavy (non-hydrogen) atoms. The Balaban J connectivity index is 2.87. The normalized spacial score (nSPS) is 14.6. The zero-order chi connectivity index (χ0) is 16.3. The monoisotopic (exact) mass is 343 g/mol. The van der Waals surface area contributed by atoms with E-state index in [0.717, 1.165) is 0 Å². The summed E-state index contributed by atoms with van der Waals surface area (Å²) >= 11 is 7.16. The number of carbonyl (C=O) groups excluding carboxylic acids is 1. The summed E-state index contributed by atoms with van der Waals surface area (Å²) in [6, 6.07) is 4.30. The maximum Gasteiger partial charge on any atom is 0.426 e. The zero-order valence-corrected chi connectivity index (χ0v) is 12.4. The van der Waals surface area contributed by atoms with Crippen LogP contribution >= 0.6 is 23.4 Å². The van der Waals surface area contributed by atoms with Crippen LogP contribution in [-0.2, 0) is 4.79 Å². The van der Waals surface area contributed by atoms with E-state index < -0.39 is 17.7 Å². The van der Waals surface area contributed by atoms with Gasteiger partial charge in [-0.1, -0.05) is 11.6 Å². The Bertz CT molecular complexity index is 523. The summed E-state index contributed by atoms with van der Waals surface area (Å²) in [5, 5.41) is 19.9. The summed E-state index contributed by atoms with van der Waals surface area (Å²) < 4.78 is 37.6. The minimum atomic E-state index is -5.10. The third-order valence-electron chi connectivity index (χ3n) is 2.54. The van der Waals surface area contributed by atoms with Gasteiger partial charge < -0.3 is 15.5 Å². The zero-order valence-electron chi connectivity index (χ0n) is 10.9. The van der Waals surface area contributed by atoms with Crippen LogP contribution in [0.15, 0.2) is 23.1 Å². The van der Waals surface area contributed by atoms with Crippen LogP contribution in [0.4, 0.5) is 18.9 Å². The van der Waals surface area contributed by atoms with Crippen molar-refractivity contribution in [1.82, 2.24) is 0 Å². The fraction of sp³-hybridized carbons (Fsp3) is 0.417. The van der Waals surface area contributed by atoms with E-state index in [4.69, 9.17) is 16.7 Å². The van der Waals surface area contributed by atoms with Crippen molar-refractivity contribution in [2.75, 3.05) is 17.7 Å². The predicted molar refractivity (Wildman–Crippen MR) is 74.6 cm³/mol. The first-order valence-electron chi connectivity index (χ1n) is 5.73. The molecule has 0 heterocycles. The lowest BCUT2D eigenvalue weighted by Gasteiger charge is -2.25. The molecular formula is C12H13ClF3NO3S. The molecule has 0 saturated carbocycles. The van der Waals surface area contributed by atoms with E-state index in [-0.39, 0.29) is 17.3 Å². The van der Waals surface area contributed by atoms with Gasteiger partial charge in [-0.05, 0) is 25.1 Å². The Morgan fingerprint density at radius 2 is 2.05 bits per heavy atom. The smallest absolute Gasteiger partial charge is 0.396 e. The quantitative estimate of drug-likeness (QED) is 0.719. The Kier molecular flexibility index (Phi) is 5.92. The molecule has 0 radical (unpaired) electrons. The highest BCUT2D eigenvalue weighted by molar-refractivity contribution is 7.99. The second-order valence-corrected chi connectivity index (χ2v) is 5.81. The first-order valence-corrected chi connectivity index (χ1v) is 7.09. The Hall–Kier alpha value is -0.960. The number of thioether (sulfide) groups is 1. The molecule has 0 aromatic heterocycles. The lowest BCUT2D eigenvalue weighted by Crippen LogP contribution is -2.52. The van der Waals surface area contributed by atoms with Crippen LogP contribution in [0.3, 0.4) is 0 Å². The molecule has 1 aromatic rings. The third kappa shape index (κ3) is 4.50. The minimum absolute atomic E-state index is 0.0317. The van der Waals surface area contributed by atoms with E-state index in [0.29, 0.717) is 17.6 Å². The van der Waals surface area contributed by atoms with Crippen LogP contribution in [0.25, 0.3) is 0 Å². The van der Waals surface area contributed by atoms with Crippen LogP contribution in [0.5, 0.6) is 0 Å². The summed E-state index contributed by atoms with van der Waals surface area (Å²) in [7, 11) is 0. The molecule has 0 unspecified atom stereocenters. The maximum atomic E-state index is 12.5. The standard InChI is InChI=1S/C12H13ClF3NO3S/c1-11(20,12(14,15)16)10(19)17-9-3-2-7(6-8(9)13)21-5-4-18/h2-3,6,18,20H,4-5H2,1H3,(H,17,19)/t11-/m1/s1. The van der Waals surface area contributed by atoms with Crippen molar-refractivity contribution in [3.63, 3.8) is 0 Å². The Labute approximate surface area is 128 Å². The molecule has 118 valence electrons. The van der Waals surface area contributed by atoms with Crippen molar-refractivity contribution in [1.29, 1.82) is 0 Å². The van der Waals surface area contributed by atoms with Gasteiger partial charge >= 0.3 is 6.18 Å². The van der Waals surface area contributed by atoms with Crippen LogP contribution < -0.4 is 5.32 Å². The number of hydrogen-bond donors (Lipinski definition) is 3. The molecule has 0 spiro atoms. The predicted octanol–water partition coefficient (Wildman–Crippen LogP) is 2.68. The lowest BCUT2D eigenvalue weighted by molar-refractivity contribution is -0.242. The van der Waals surface area contributed by atoms with Crippen molar-refractivity contribution in [3.8, 4) is 0 Å². The van der Waals surface area contributed by atoms with Gasteiger partial charge in [0.15, 0.2) is 0 Å². The highest BCUT2D eigenvalue weighted by Gasteiger charge is 2.55. The number of anilines is 1. The van der Waals surface area contributed by atoms with Crippen LogP contribution in [0.1, 0.15) is 6.92 Å². The number of alkyl halides is 3. The van der Waals surface area contributed by atoms with E-state index in [1.165, 1.54) is 30.0 Å². The van der Waals surface area contributed by atoms with Crippen molar-refractivity contribution in [2.45, 2.75) is 23.6 Å². The van der Waals surface area contributed by atoms with E-state index in [9.17, 15) is 23.1 Å². The topological polar surface area (TPSA) is 69.6 Å². The van der Waals surface area contributed by atoms with E-state index >= 15 is 0 Å². The fourth-order valence-corrected chi connectivity index (χ4v) is 2.21. The average Bonchev–Trinajstić information content (AvgIpc) is 2.37. The summed E-state index contributed by atoms with van der Waals surface area (Å²) in [4.78, 5) is 12.2. The number of rotatable bonds is 5. The minimum Gasteiger partial charge on any atom is -0.396 e. The first-order chi connectivity index (χ1) is 9.59. The largest absolute Gasteiger partial charge is 0.426 e. The molecule has 0 aliphatic heterocycles. The number of benzene rings is 1. The molecule has 0 aliphatic carbocycles. The van der Waals surface area contributed by atoms with Gasteiger partial charge in [-0.15, -0.1) is 11.8 Å². The number of halogens is 4. The number of amides is 1. The fourth-order valence-electron chi connectivity index (χ4n) is 1.22. The molecule has 1 rings (SSSR count). The van der Waals surface area contributed by atoms with Gasteiger partial charge in [-0.3, -0.25) is 4.79 Å². The molecule has 1 amide bonds. The molecule has 3 N–H and O–H groups in total. The van der Waals surface area contributed by atoms with Gasteiger partial charge in [0.2, 0.25) is 5.60 Å². The number of carbonyl (C=O) groups is 1. The molecule has 0 aliphatic rings. The number of hydrogen-bond acceptors (Lipinski definition) is 4. The highest BCUT2D eigenvalue weighted by atomic mass is 35.5. The molecule has 9 heteroatoms. The average molecular weight is 344 g/mol. The van der Waals surface area contributed by atoms with Crippen LogP contribution in [0.2, 0.25) is 5.02 Å². The Morgan fingerprint density at radius 1 is 1.43 bits per heavy atom. The Morgan fingerprint density at radius 3 is 2.52 bits per heavy atom. The summed E-state index contributed by atoms with van der Waals surface area (Å²) in [5.41, 5.74) is -3.56. The van der Waals surface area contributed by atoms with Crippen LogP contribution in [-0.4, -0.2) is 40.3 Å². The third-order valence-corrected chi connectivity index (χ3v) is 3.83. The molecular weight excluding hydrogens is 331 g/mol.